The number of rotatable bonds is 9. The number of aliphatic hydroxyl groups is 5. The van der Waals surface area contributed by atoms with Crippen LogP contribution in [0.25, 0.3) is 6.08 Å². The zero-order valence-electron chi connectivity index (χ0n) is 16.4. The van der Waals surface area contributed by atoms with Crippen LogP contribution in [0.2, 0.25) is 0 Å². The molecule has 6 atom stereocenters. The Kier molecular flexibility index (Phi) is 8.95. The van der Waals surface area contributed by atoms with E-state index < -0.39 is 56.0 Å². The largest absolute Gasteiger partial charge is 0.504 e. The second kappa shape index (κ2) is 11.2. The molecule has 1 saturated heterocycles. The number of phenolic OH excluding ortho intramolecular Hbond substituents is 2. The van der Waals surface area contributed by atoms with Gasteiger partial charge in [-0.05, 0) is 29.3 Å². The van der Waals surface area contributed by atoms with Gasteiger partial charge in [-0.1, -0.05) is 12.6 Å². The quantitative estimate of drug-likeness (QED) is 0.101. The van der Waals surface area contributed by atoms with Crippen molar-refractivity contribution < 1.29 is 54.8 Å². The highest BCUT2D eigenvalue weighted by Crippen LogP contribution is 2.25. The second-order valence-corrected chi connectivity index (χ2v) is 6.89. The van der Waals surface area contributed by atoms with Crippen molar-refractivity contribution in [3.63, 3.8) is 0 Å². The van der Waals surface area contributed by atoms with E-state index in [9.17, 15) is 35.4 Å². The van der Waals surface area contributed by atoms with Crippen molar-refractivity contribution in [2.75, 3.05) is 19.8 Å². The molecule has 0 amide bonds. The number of aliphatic hydroxyl groups excluding tert-OH is 5. The van der Waals surface area contributed by atoms with E-state index in [1.54, 1.807) is 0 Å². The van der Waals surface area contributed by atoms with Crippen LogP contribution in [0, 0.1) is 0 Å². The van der Waals surface area contributed by atoms with Crippen molar-refractivity contribution in [2.24, 2.45) is 0 Å². The Hall–Kier alpha value is -2.51. The standard InChI is InChI=1S/C20H26O11/c1-10(8-29-16(25)5-3-11-2-4-12(22)13(23)6-11)14(24)9-30-20-19(28)18(27)17(26)15(7-21)31-20/h2-6,14-15,17-24,26-28H,1,7-9H2/b5-3+/t14?,15?,17-,18?,19?,20-/m1/s1. The van der Waals surface area contributed by atoms with Crippen LogP contribution >= 0.6 is 0 Å². The molecule has 0 aliphatic carbocycles. The van der Waals surface area contributed by atoms with E-state index in [1.165, 1.54) is 24.3 Å². The zero-order chi connectivity index (χ0) is 23.1. The van der Waals surface area contributed by atoms with Crippen LogP contribution in [0.4, 0.5) is 0 Å². The van der Waals surface area contributed by atoms with Crippen LogP contribution in [0.1, 0.15) is 5.56 Å². The third-order valence-electron chi connectivity index (χ3n) is 4.55. The Labute approximate surface area is 177 Å². The second-order valence-electron chi connectivity index (χ2n) is 6.89. The molecule has 0 spiro atoms. The zero-order valence-corrected chi connectivity index (χ0v) is 16.4. The molecule has 1 aromatic carbocycles. The lowest BCUT2D eigenvalue weighted by atomic mass is 9.99. The minimum atomic E-state index is -1.61. The van der Waals surface area contributed by atoms with Gasteiger partial charge < -0.3 is 50.0 Å². The average Bonchev–Trinajstić information content (AvgIpc) is 2.75. The van der Waals surface area contributed by atoms with Gasteiger partial charge in [-0.25, -0.2) is 4.79 Å². The molecule has 1 aromatic rings. The monoisotopic (exact) mass is 442 g/mol. The van der Waals surface area contributed by atoms with Gasteiger partial charge in [0.2, 0.25) is 0 Å². The summed E-state index contributed by atoms with van der Waals surface area (Å²) < 4.78 is 15.3. The van der Waals surface area contributed by atoms with Gasteiger partial charge >= 0.3 is 5.97 Å². The molecular formula is C20H26O11. The lowest BCUT2D eigenvalue weighted by Crippen LogP contribution is -2.59. The van der Waals surface area contributed by atoms with Gasteiger partial charge in [0.15, 0.2) is 17.8 Å². The van der Waals surface area contributed by atoms with Gasteiger partial charge in [-0.2, -0.15) is 0 Å². The number of aromatic hydroxyl groups is 2. The van der Waals surface area contributed by atoms with E-state index in [4.69, 9.17) is 19.3 Å². The first-order chi connectivity index (χ1) is 14.6. The van der Waals surface area contributed by atoms with Gasteiger partial charge in [-0.3, -0.25) is 0 Å². The number of benzene rings is 1. The molecule has 1 heterocycles. The molecule has 11 nitrogen and oxygen atoms in total. The molecule has 7 N–H and O–H groups in total. The molecule has 11 heteroatoms. The maximum absolute atomic E-state index is 11.8. The third kappa shape index (κ3) is 6.74. The number of hydrogen-bond acceptors (Lipinski definition) is 11. The first-order valence-electron chi connectivity index (χ1n) is 9.28. The summed E-state index contributed by atoms with van der Waals surface area (Å²) in [5.74, 6) is -1.39. The molecule has 1 aliphatic heterocycles. The average molecular weight is 442 g/mol. The van der Waals surface area contributed by atoms with Gasteiger partial charge in [0.05, 0.1) is 13.2 Å². The molecule has 0 aromatic heterocycles. The molecule has 0 radical (unpaired) electrons. The van der Waals surface area contributed by atoms with Crippen LogP contribution < -0.4 is 0 Å². The first-order valence-corrected chi connectivity index (χ1v) is 9.28. The Morgan fingerprint density at radius 2 is 1.87 bits per heavy atom. The van der Waals surface area contributed by atoms with E-state index in [2.05, 4.69) is 6.58 Å². The van der Waals surface area contributed by atoms with Gasteiger partial charge in [0.1, 0.15) is 37.1 Å². The van der Waals surface area contributed by atoms with Gasteiger partial charge in [0, 0.05) is 6.08 Å². The van der Waals surface area contributed by atoms with Crippen LogP contribution in [-0.4, -0.2) is 98.3 Å². The molecule has 172 valence electrons. The highest BCUT2D eigenvalue weighted by Gasteiger charge is 2.44. The number of carbonyl (C=O) groups excluding carboxylic acids is 1. The summed E-state index contributed by atoms with van der Waals surface area (Å²) in [6, 6.07) is 3.98. The fraction of sp³-hybridized carbons (Fsp3) is 0.450. The number of ether oxygens (including phenoxy) is 3. The molecule has 4 unspecified atom stereocenters. The van der Waals surface area contributed by atoms with E-state index >= 15 is 0 Å². The highest BCUT2D eigenvalue weighted by molar-refractivity contribution is 5.87. The van der Waals surface area contributed by atoms with Crippen molar-refractivity contribution in [1.29, 1.82) is 0 Å². The van der Waals surface area contributed by atoms with E-state index in [0.717, 1.165) is 6.08 Å². The molecule has 1 fully saturated rings. The number of esters is 1. The Bertz CT molecular complexity index is 791. The van der Waals surface area contributed by atoms with E-state index in [-0.39, 0.29) is 23.7 Å². The molecule has 0 bridgehead atoms. The molecule has 0 saturated carbocycles. The van der Waals surface area contributed by atoms with Crippen molar-refractivity contribution in [1.82, 2.24) is 0 Å². The smallest absolute Gasteiger partial charge is 0.331 e. The maximum atomic E-state index is 11.8. The number of hydrogen-bond donors (Lipinski definition) is 7. The summed E-state index contributed by atoms with van der Waals surface area (Å²) in [4.78, 5) is 11.8. The summed E-state index contributed by atoms with van der Waals surface area (Å²) in [5.41, 5.74) is 0.521. The normalized spacial score (nSPS) is 27.2. The lowest BCUT2D eigenvalue weighted by Gasteiger charge is -2.39. The minimum Gasteiger partial charge on any atom is -0.504 e. The van der Waals surface area contributed by atoms with E-state index in [0.29, 0.717) is 5.56 Å². The summed E-state index contributed by atoms with van der Waals surface area (Å²) in [6.07, 6.45) is -6.19. The number of carbonyl (C=O) groups is 1. The summed E-state index contributed by atoms with van der Waals surface area (Å²) in [7, 11) is 0. The van der Waals surface area contributed by atoms with Crippen LogP contribution in [0.5, 0.6) is 11.5 Å². The molecule has 2 rings (SSSR count). The fourth-order valence-electron chi connectivity index (χ4n) is 2.63. The fourth-order valence-corrected chi connectivity index (χ4v) is 2.63. The van der Waals surface area contributed by atoms with Gasteiger partial charge in [-0.15, -0.1) is 0 Å². The van der Waals surface area contributed by atoms with Crippen LogP contribution in [0.15, 0.2) is 36.4 Å². The predicted molar refractivity (Wildman–Crippen MR) is 105 cm³/mol. The Balaban J connectivity index is 1.78. The first kappa shape index (κ1) is 24.8. The Morgan fingerprint density at radius 1 is 1.16 bits per heavy atom. The number of phenols is 2. The van der Waals surface area contributed by atoms with Crippen molar-refractivity contribution in [3.05, 3.63) is 42.0 Å². The summed E-state index contributed by atoms with van der Waals surface area (Å²) >= 11 is 0. The van der Waals surface area contributed by atoms with Crippen LogP contribution in [0.3, 0.4) is 0 Å². The van der Waals surface area contributed by atoms with Crippen molar-refractivity contribution in [3.8, 4) is 11.5 Å². The summed E-state index contributed by atoms with van der Waals surface area (Å²) in [6.45, 7) is 2.19. The highest BCUT2D eigenvalue weighted by atomic mass is 16.7. The predicted octanol–water partition coefficient (Wildman–Crippen LogP) is -1.61. The Morgan fingerprint density at radius 3 is 2.52 bits per heavy atom. The summed E-state index contributed by atoms with van der Waals surface area (Å²) in [5, 5.41) is 67.2. The molecule has 31 heavy (non-hydrogen) atoms. The minimum absolute atomic E-state index is 0.0774. The molecular weight excluding hydrogens is 416 g/mol. The lowest BCUT2D eigenvalue weighted by molar-refractivity contribution is -0.303. The SMILES string of the molecule is C=C(COC(=O)/C=C/c1ccc(O)c(O)c1)C(O)CO[C@@H]1OC(CO)[C@@H](O)C(O)C1O. The molecule has 1 aliphatic rings. The van der Waals surface area contributed by atoms with Crippen molar-refractivity contribution in [2.45, 2.75) is 36.8 Å². The van der Waals surface area contributed by atoms with E-state index in [1.807, 2.05) is 0 Å². The van der Waals surface area contributed by atoms with Gasteiger partial charge in [0.25, 0.3) is 0 Å². The van der Waals surface area contributed by atoms with Crippen LogP contribution in [-0.2, 0) is 19.0 Å². The topological polar surface area (TPSA) is 186 Å². The maximum Gasteiger partial charge on any atom is 0.331 e. The van der Waals surface area contributed by atoms with Crippen molar-refractivity contribution >= 4 is 12.0 Å². The third-order valence-corrected chi connectivity index (χ3v) is 4.55.